The highest BCUT2D eigenvalue weighted by atomic mass is 32.1. The van der Waals surface area contributed by atoms with Crippen molar-refractivity contribution in [3.8, 4) is 16.8 Å². The van der Waals surface area contributed by atoms with Gasteiger partial charge in [0.05, 0.1) is 36.2 Å². The van der Waals surface area contributed by atoms with E-state index in [1.54, 1.807) is 23.0 Å². The van der Waals surface area contributed by atoms with Gasteiger partial charge in [0.15, 0.2) is 4.88 Å². The Morgan fingerprint density at radius 1 is 1.24 bits per heavy atom. The normalized spacial score (nSPS) is 12.4. The number of benzene rings is 2. The predicted molar refractivity (Wildman–Crippen MR) is 120 cm³/mol. The lowest BCUT2D eigenvalue weighted by molar-refractivity contribution is -0.139. The molecule has 0 aliphatic carbocycles. The molecule has 0 spiro atoms. The summed E-state index contributed by atoms with van der Waals surface area (Å²) >= 11 is 1.07. The van der Waals surface area contributed by atoms with Crippen LogP contribution in [0.25, 0.3) is 16.0 Å². The number of alkyl halides is 3. The van der Waals surface area contributed by atoms with Gasteiger partial charge < -0.3 is 9.47 Å². The van der Waals surface area contributed by atoms with Gasteiger partial charge >= 0.3 is 12.1 Å². The molecule has 0 saturated heterocycles. The first-order valence-electron chi connectivity index (χ1n) is 10.1. The number of fused-ring (bicyclic) bond motifs is 1. The van der Waals surface area contributed by atoms with Gasteiger partial charge in [-0.05, 0) is 30.7 Å². The van der Waals surface area contributed by atoms with E-state index >= 15 is 0 Å². The molecule has 1 unspecified atom stereocenters. The van der Waals surface area contributed by atoms with E-state index < -0.39 is 23.8 Å². The first-order valence-corrected chi connectivity index (χ1v) is 10.9. The molecule has 174 valence electrons. The lowest BCUT2D eigenvalue weighted by Crippen LogP contribution is -2.14. The fourth-order valence-corrected chi connectivity index (χ4v) is 4.59. The maximum atomic E-state index is 13.5. The number of halogens is 3. The largest absolute Gasteiger partial charge is 0.484 e. The van der Waals surface area contributed by atoms with Crippen LogP contribution in [0.4, 0.5) is 13.2 Å². The van der Waals surface area contributed by atoms with E-state index in [4.69, 9.17) is 14.7 Å². The van der Waals surface area contributed by atoms with Crippen molar-refractivity contribution in [3.63, 3.8) is 0 Å². The van der Waals surface area contributed by atoms with Crippen molar-refractivity contribution in [2.75, 3.05) is 7.11 Å². The van der Waals surface area contributed by atoms with Crippen molar-refractivity contribution in [3.05, 3.63) is 76.4 Å². The Morgan fingerprint density at radius 2 is 2.00 bits per heavy atom. The van der Waals surface area contributed by atoms with E-state index in [1.807, 2.05) is 12.1 Å². The van der Waals surface area contributed by atoms with Gasteiger partial charge in [-0.25, -0.2) is 9.78 Å². The minimum Gasteiger partial charge on any atom is -0.484 e. The molecule has 0 aliphatic heterocycles. The summed E-state index contributed by atoms with van der Waals surface area (Å²) in [6.07, 6.45) is -3.75. The van der Waals surface area contributed by atoms with Gasteiger partial charge in [0.25, 0.3) is 0 Å². The first kappa shape index (κ1) is 23.3. The van der Waals surface area contributed by atoms with Crippen LogP contribution >= 0.6 is 11.3 Å². The minimum atomic E-state index is -4.55. The number of hydrogen-bond acceptors (Lipinski definition) is 6. The van der Waals surface area contributed by atoms with Crippen LogP contribution in [0.3, 0.4) is 0 Å². The summed E-state index contributed by atoms with van der Waals surface area (Å²) in [6, 6.07) is 14.3. The quantitative estimate of drug-likeness (QED) is 0.309. The third-order valence-corrected chi connectivity index (χ3v) is 6.29. The first-order chi connectivity index (χ1) is 16.2. The maximum Gasteiger partial charge on any atom is 0.416 e. The average Bonchev–Trinajstić information content (AvgIpc) is 3.42. The van der Waals surface area contributed by atoms with E-state index in [0.717, 1.165) is 23.0 Å². The van der Waals surface area contributed by atoms with E-state index in [2.05, 4.69) is 11.1 Å². The number of carbonyl (C=O) groups is 1. The number of nitrogens with zero attached hydrogens (tertiary/aromatic N) is 3. The van der Waals surface area contributed by atoms with Crippen LogP contribution < -0.4 is 4.74 Å². The predicted octanol–water partition coefficient (Wildman–Crippen LogP) is 6.10. The number of nitriles is 1. The third kappa shape index (κ3) is 4.47. The Hall–Kier alpha value is -3.84. The number of rotatable bonds is 6. The Labute approximate surface area is 196 Å². The zero-order valence-corrected chi connectivity index (χ0v) is 18.9. The number of carbonyl (C=O) groups excluding carboxylic acids is 1. The molecule has 0 amide bonds. The fraction of sp³-hybridized carbons (Fsp3) is 0.208. The highest BCUT2D eigenvalue weighted by molar-refractivity contribution is 7.16. The number of ether oxygens (including phenoxy) is 2. The van der Waals surface area contributed by atoms with Crippen LogP contribution in [-0.4, -0.2) is 22.6 Å². The number of esters is 1. The van der Waals surface area contributed by atoms with Gasteiger partial charge in [-0.2, -0.15) is 18.4 Å². The van der Waals surface area contributed by atoms with Crippen LogP contribution in [0.15, 0.2) is 54.9 Å². The number of methoxy groups -OCH3 is 1. The molecule has 4 aromatic rings. The van der Waals surface area contributed by atoms with Gasteiger partial charge in [-0.3, -0.25) is 4.57 Å². The molecule has 0 radical (unpaired) electrons. The smallest absolute Gasteiger partial charge is 0.416 e. The van der Waals surface area contributed by atoms with Crippen LogP contribution in [0.5, 0.6) is 5.75 Å². The zero-order chi connectivity index (χ0) is 24.5. The molecule has 1 atom stereocenters. The van der Waals surface area contributed by atoms with Crippen molar-refractivity contribution >= 4 is 28.3 Å². The number of aromatic nitrogens is 2. The highest BCUT2D eigenvalue weighted by Crippen LogP contribution is 2.39. The summed E-state index contributed by atoms with van der Waals surface area (Å²) in [5.74, 6) is -0.566. The molecule has 0 fully saturated rings. The lowest BCUT2D eigenvalue weighted by Gasteiger charge is -2.19. The van der Waals surface area contributed by atoms with Crippen molar-refractivity contribution in [1.29, 1.82) is 5.26 Å². The second-order valence-corrected chi connectivity index (χ2v) is 8.42. The van der Waals surface area contributed by atoms with Crippen LogP contribution in [0.1, 0.15) is 39.4 Å². The van der Waals surface area contributed by atoms with E-state index in [0.29, 0.717) is 16.0 Å². The number of imidazole rings is 1. The summed E-state index contributed by atoms with van der Waals surface area (Å²) in [4.78, 5) is 16.9. The summed E-state index contributed by atoms with van der Waals surface area (Å²) in [5, 5.41) is 9.55. The fourth-order valence-electron chi connectivity index (χ4n) is 3.60. The molecule has 0 bridgehead atoms. The molecule has 4 rings (SSSR count). The van der Waals surface area contributed by atoms with Gasteiger partial charge in [-0.15, -0.1) is 11.3 Å². The van der Waals surface area contributed by atoms with E-state index in [1.165, 1.54) is 32.2 Å². The lowest BCUT2D eigenvalue weighted by atomic mass is 10.0. The van der Waals surface area contributed by atoms with Gasteiger partial charge in [0, 0.05) is 11.6 Å². The maximum absolute atomic E-state index is 13.5. The SMILES string of the molecule is COC(=O)c1sc(-n2cnc3ccc(CC#N)cc32)cc1OC(C)c1ccccc1C(F)(F)F. The summed E-state index contributed by atoms with van der Waals surface area (Å²) in [7, 11) is 1.22. The summed E-state index contributed by atoms with van der Waals surface area (Å²) < 4.78 is 52.9. The molecular formula is C24H18F3N3O3S. The van der Waals surface area contributed by atoms with Gasteiger partial charge in [0.2, 0.25) is 0 Å². The molecular weight excluding hydrogens is 467 g/mol. The van der Waals surface area contributed by atoms with E-state index in [-0.39, 0.29) is 22.6 Å². The summed E-state index contributed by atoms with van der Waals surface area (Å²) in [5.41, 5.74) is 1.35. The Balaban J connectivity index is 1.75. The monoisotopic (exact) mass is 485 g/mol. The van der Waals surface area contributed by atoms with E-state index in [9.17, 15) is 18.0 Å². The van der Waals surface area contributed by atoms with Crippen LogP contribution in [-0.2, 0) is 17.3 Å². The molecule has 0 N–H and O–H groups in total. The van der Waals surface area contributed by atoms with Crippen LogP contribution in [0.2, 0.25) is 0 Å². The Kier molecular flexibility index (Phi) is 6.30. The van der Waals surface area contributed by atoms with Crippen LogP contribution in [0, 0.1) is 11.3 Å². The number of thiophene rings is 1. The average molecular weight is 485 g/mol. The van der Waals surface area contributed by atoms with Gasteiger partial charge in [-0.1, -0.05) is 24.3 Å². The van der Waals surface area contributed by atoms with Crippen molar-refractivity contribution in [2.24, 2.45) is 0 Å². The molecule has 2 aromatic heterocycles. The van der Waals surface area contributed by atoms with Crippen molar-refractivity contribution < 1.29 is 27.4 Å². The second kappa shape index (κ2) is 9.19. The summed E-state index contributed by atoms with van der Waals surface area (Å²) in [6.45, 7) is 1.49. The zero-order valence-electron chi connectivity index (χ0n) is 18.1. The standard InChI is InChI=1S/C24H18F3N3O3S/c1-14(16-5-3-4-6-17(16)24(25,26)27)33-20-12-21(34-22(20)23(31)32-2)30-13-29-18-8-7-15(9-10-28)11-19(18)30/h3-8,11-14H,9H2,1-2H3. The molecule has 10 heteroatoms. The Bertz CT molecular complexity index is 1400. The molecule has 2 heterocycles. The number of hydrogen-bond donors (Lipinski definition) is 0. The topological polar surface area (TPSA) is 77.1 Å². The molecule has 6 nitrogen and oxygen atoms in total. The van der Waals surface area contributed by atoms with Gasteiger partial charge in [0.1, 0.15) is 23.2 Å². The molecule has 0 aliphatic rings. The molecule has 2 aromatic carbocycles. The molecule has 34 heavy (non-hydrogen) atoms. The highest BCUT2D eigenvalue weighted by Gasteiger charge is 2.35. The minimum absolute atomic E-state index is 0.0483. The van der Waals surface area contributed by atoms with Crippen molar-refractivity contribution in [1.82, 2.24) is 9.55 Å². The molecule has 0 saturated carbocycles. The third-order valence-electron chi connectivity index (χ3n) is 5.20. The van der Waals surface area contributed by atoms with Crippen molar-refractivity contribution in [2.45, 2.75) is 25.6 Å². The second-order valence-electron chi connectivity index (χ2n) is 7.39. The Morgan fingerprint density at radius 3 is 2.71 bits per heavy atom.